The number of pyridine rings is 1. The van der Waals surface area contributed by atoms with Gasteiger partial charge in [-0.3, -0.25) is 4.68 Å². The smallest absolute Gasteiger partial charge is 0.173 e. The summed E-state index contributed by atoms with van der Waals surface area (Å²) in [5.41, 5.74) is 2.97. The highest BCUT2D eigenvalue weighted by molar-refractivity contribution is 5.84. The van der Waals surface area contributed by atoms with Crippen molar-refractivity contribution < 1.29 is 8.78 Å². The van der Waals surface area contributed by atoms with Crippen molar-refractivity contribution in [2.75, 3.05) is 13.1 Å². The summed E-state index contributed by atoms with van der Waals surface area (Å²) in [5.74, 6) is -0.428. The predicted octanol–water partition coefficient (Wildman–Crippen LogP) is 3.63. The van der Waals surface area contributed by atoms with Crippen LogP contribution in [0.25, 0.3) is 27.7 Å². The number of piperidine rings is 1. The van der Waals surface area contributed by atoms with E-state index in [1.807, 2.05) is 6.20 Å². The van der Waals surface area contributed by atoms with Crippen molar-refractivity contribution in [2.24, 2.45) is 7.05 Å². The Bertz CT molecular complexity index is 1150. The molecule has 0 radical (unpaired) electrons. The highest BCUT2D eigenvalue weighted by Crippen LogP contribution is 2.30. The molecule has 0 amide bonds. The number of benzene rings is 1. The molecule has 7 heteroatoms. The average Bonchev–Trinajstić information content (AvgIpc) is 3.26. The molecule has 5 rings (SSSR count). The van der Waals surface area contributed by atoms with E-state index in [4.69, 9.17) is 0 Å². The zero-order valence-electron chi connectivity index (χ0n) is 14.9. The van der Waals surface area contributed by atoms with Crippen LogP contribution in [0.1, 0.15) is 24.5 Å². The molecule has 0 saturated carbocycles. The molecule has 0 spiro atoms. The second kappa shape index (κ2) is 6.13. The number of nitrogens with one attached hydrogen (secondary N) is 1. The standard InChI is InChI=1S/C20H19F2N5/c1-26-10-15-16(21)6-13(8-18(15)25-26)14-7-17(22)20-24-19(11-27(20)9-14)12-2-4-23-5-3-12/h6-12,23H,2-5H2,1H3. The van der Waals surface area contributed by atoms with Crippen LogP contribution in [0.4, 0.5) is 8.78 Å². The first-order chi connectivity index (χ1) is 13.1. The molecule has 0 atom stereocenters. The molecular weight excluding hydrogens is 348 g/mol. The molecule has 4 aromatic rings. The molecule has 1 aromatic carbocycles. The van der Waals surface area contributed by atoms with Gasteiger partial charge in [0, 0.05) is 37.1 Å². The molecule has 27 heavy (non-hydrogen) atoms. The minimum atomic E-state index is -0.408. The molecule has 3 aromatic heterocycles. The summed E-state index contributed by atoms with van der Waals surface area (Å²) >= 11 is 0. The summed E-state index contributed by atoms with van der Waals surface area (Å²) in [5, 5.41) is 8.06. The number of imidazole rings is 1. The molecule has 0 unspecified atom stereocenters. The quantitative estimate of drug-likeness (QED) is 0.589. The lowest BCUT2D eigenvalue weighted by molar-refractivity contribution is 0.454. The van der Waals surface area contributed by atoms with Crippen molar-refractivity contribution in [3.63, 3.8) is 0 Å². The van der Waals surface area contributed by atoms with E-state index in [-0.39, 0.29) is 5.82 Å². The van der Waals surface area contributed by atoms with E-state index in [0.29, 0.717) is 33.6 Å². The second-order valence-corrected chi connectivity index (χ2v) is 7.19. The number of hydrogen-bond acceptors (Lipinski definition) is 3. The molecule has 5 nitrogen and oxygen atoms in total. The Kier molecular flexibility index (Phi) is 3.72. The van der Waals surface area contributed by atoms with Crippen molar-refractivity contribution in [3.8, 4) is 11.1 Å². The largest absolute Gasteiger partial charge is 0.317 e. The zero-order valence-corrected chi connectivity index (χ0v) is 14.9. The van der Waals surface area contributed by atoms with Crippen LogP contribution in [0.15, 0.2) is 36.8 Å². The van der Waals surface area contributed by atoms with Crippen LogP contribution in [0, 0.1) is 11.6 Å². The Hall–Kier alpha value is -2.80. The fraction of sp³-hybridized carbons (Fsp3) is 0.300. The summed E-state index contributed by atoms with van der Waals surface area (Å²) in [6.45, 7) is 1.91. The number of rotatable bonds is 2. The normalized spacial score (nSPS) is 15.8. The fourth-order valence-electron chi connectivity index (χ4n) is 3.91. The molecule has 4 heterocycles. The summed E-state index contributed by atoms with van der Waals surface area (Å²) in [4.78, 5) is 4.51. The molecule has 138 valence electrons. The Morgan fingerprint density at radius 1 is 1.00 bits per heavy atom. The van der Waals surface area contributed by atoms with Gasteiger partial charge < -0.3 is 9.72 Å². The third-order valence-corrected chi connectivity index (χ3v) is 5.30. The lowest BCUT2D eigenvalue weighted by Crippen LogP contribution is -2.26. The van der Waals surface area contributed by atoms with E-state index in [9.17, 15) is 8.78 Å². The number of aryl methyl sites for hydroxylation is 1. The predicted molar refractivity (Wildman–Crippen MR) is 99.7 cm³/mol. The minimum absolute atomic E-state index is 0.312. The average molecular weight is 367 g/mol. The van der Waals surface area contributed by atoms with Crippen LogP contribution in [-0.2, 0) is 7.05 Å². The maximum Gasteiger partial charge on any atom is 0.173 e. The van der Waals surface area contributed by atoms with Crippen LogP contribution < -0.4 is 5.32 Å². The van der Waals surface area contributed by atoms with Gasteiger partial charge in [0.25, 0.3) is 0 Å². The first-order valence-corrected chi connectivity index (χ1v) is 9.10. The molecule has 0 aliphatic carbocycles. The first kappa shape index (κ1) is 16.4. The van der Waals surface area contributed by atoms with Gasteiger partial charge >= 0.3 is 0 Å². The molecule has 1 aliphatic rings. The zero-order chi connectivity index (χ0) is 18.5. The van der Waals surface area contributed by atoms with Crippen molar-refractivity contribution in [3.05, 3.63) is 54.1 Å². The van der Waals surface area contributed by atoms with Gasteiger partial charge in [0.1, 0.15) is 5.82 Å². The second-order valence-electron chi connectivity index (χ2n) is 7.19. The number of aromatic nitrogens is 4. The molecule has 1 saturated heterocycles. The summed E-state index contributed by atoms with van der Waals surface area (Å²) in [6, 6.07) is 4.62. The third kappa shape index (κ3) is 2.78. The lowest BCUT2D eigenvalue weighted by atomic mass is 9.95. The van der Waals surface area contributed by atoms with E-state index < -0.39 is 5.82 Å². The van der Waals surface area contributed by atoms with Gasteiger partial charge in [-0.15, -0.1) is 0 Å². The van der Waals surface area contributed by atoms with Crippen LogP contribution >= 0.6 is 0 Å². The maximum absolute atomic E-state index is 14.7. The highest BCUT2D eigenvalue weighted by atomic mass is 19.1. The van der Waals surface area contributed by atoms with Crippen molar-refractivity contribution in [1.29, 1.82) is 0 Å². The van der Waals surface area contributed by atoms with Gasteiger partial charge in [-0.2, -0.15) is 5.10 Å². The van der Waals surface area contributed by atoms with Gasteiger partial charge in [0.15, 0.2) is 11.5 Å². The maximum atomic E-state index is 14.7. The summed E-state index contributed by atoms with van der Waals surface area (Å²) < 4.78 is 32.4. The van der Waals surface area contributed by atoms with Crippen LogP contribution in [0.2, 0.25) is 0 Å². The van der Waals surface area contributed by atoms with Crippen molar-refractivity contribution in [2.45, 2.75) is 18.8 Å². The monoisotopic (exact) mass is 367 g/mol. The first-order valence-electron chi connectivity index (χ1n) is 9.10. The topological polar surface area (TPSA) is 47.2 Å². The van der Waals surface area contributed by atoms with Gasteiger partial charge in [-0.1, -0.05) is 0 Å². The van der Waals surface area contributed by atoms with Crippen LogP contribution in [0.5, 0.6) is 0 Å². The third-order valence-electron chi connectivity index (χ3n) is 5.30. The van der Waals surface area contributed by atoms with Crippen LogP contribution in [0.3, 0.4) is 0 Å². The van der Waals surface area contributed by atoms with Crippen LogP contribution in [-0.4, -0.2) is 32.3 Å². The molecule has 1 fully saturated rings. The van der Waals surface area contributed by atoms with E-state index in [1.165, 1.54) is 12.1 Å². The van der Waals surface area contributed by atoms with Gasteiger partial charge in [0.2, 0.25) is 0 Å². The Labute approximate surface area is 154 Å². The Balaban J connectivity index is 1.61. The van der Waals surface area contributed by atoms with Gasteiger partial charge in [0.05, 0.1) is 16.6 Å². The lowest BCUT2D eigenvalue weighted by Gasteiger charge is -2.20. The molecule has 0 bridgehead atoms. The minimum Gasteiger partial charge on any atom is -0.317 e. The van der Waals surface area contributed by atoms with E-state index in [2.05, 4.69) is 15.4 Å². The molecular formula is C20H19F2N5. The van der Waals surface area contributed by atoms with E-state index >= 15 is 0 Å². The van der Waals surface area contributed by atoms with Crippen molar-refractivity contribution >= 4 is 16.6 Å². The molecule has 1 aliphatic heterocycles. The molecule has 1 N–H and O–H groups in total. The fourth-order valence-corrected chi connectivity index (χ4v) is 3.91. The summed E-state index contributed by atoms with van der Waals surface area (Å²) in [6.07, 6.45) is 7.34. The number of nitrogens with zero attached hydrogens (tertiary/aromatic N) is 4. The number of halogens is 2. The SMILES string of the molecule is Cn1cc2c(F)cc(-c3cc(F)c4nc(C5CCNCC5)cn4c3)cc2n1. The Morgan fingerprint density at radius 3 is 2.59 bits per heavy atom. The number of hydrogen-bond donors (Lipinski definition) is 1. The van der Waals surface area contributed by atoms with E-state index in [0.717, 1.165) is 31.6 Å². The Morgan fingerprint density at radius 2 is 1.78 bits per heavy atom. The highest BCUT2D eigenvalue weighted by Gasteiger charge is 2.20. The van der Waals surface area contributed by atoms with E-state index in [1.54, 1.807) is 34.6 Å². The van der Waals surface area contributed by atoms with Gasteiger partial charge in [-0.05, 0) is 49.7 Å². The van der Waals surface area contributed by atoms with Crippen molar-refractivity contribution in [1.82, 2.24) is 24.5 Å². The van der Waals surface area contributed by atoms with Gasteiger partial charge in [-0.25, -0.2) is 13.8 Å². The number of fused-ring (bicyclic) bond motifs is 2. The summed E-state index contributed by atoms with van der Waals surface area (Å²) in [7, 11) is 1.75.